The van der Waals surface area contributed by atoms with Gasteiger partial charge in [-0.25, -0.2) is 4.79 Å². The van der Waals surface area contributed by atoms with Crippen LogP contribution in [0.2, 0.25) is 0 Å². The summed E-state index contributed by atoms with van der Waals surface area (Å²) in [6.07, 6.45) is 5.29. The Morgan fingerprint density at radius 1 is 1.47 bits per heavy atom. The average molecular weight is 222 g/mol. The van der Waals surface area contributed by atoms with Gasteiger partial charge < -0.3 is 4.74 Å². The first-order chi connectivity index (χ1) is 7.27. The summed E-state index contributed by atoms with van der Waals surface area (Å²) in [5, 5.41) is 0. The molecular weight excluding hydrogens is 208 g/mol. The van der Waals surface area contributed by atoms with Crippen LogP contribution < -0.4 is 0 Å². The summed E-state index contributed by atoms with van der Waals surface area (Å²) >= 11 is 1.76. The fraction of sp³-hybridized carbons (Fsp3) is 0.250. The van der Waals surface area contributed by atoms with Crippen molar-refractivity contribution in [2.75, 3.05) is 13.4 Å². The van der Waals surface area contributed by atoms with E-state index in [0.29, 0.717) is 0 Å². The Kier molecular flexibility index (Phi) is 4.98. The molecule has 0 atom stereocenters. The lowest BCUT2D eigenvalue weighted by Gasteiger charge is -2.03. The Labute approximate surface area is 94.3 Å². The van der Waals surface area contributed by atoms with Gasteiger partial charge in [0.15, 0.2) is 0 Å². The Bertz CT molecular complexity index is 358. The van der Waals surface area contributed by atoms with Crippen molar-refractivity contribution in [3.63, 3.8) is 0 Å². The van der Waals surface area contributed by atoms with E-state index in [-0.39, 0.29) is 5.97 Å². The second kappa shape index (κ2) is 6.30. The molecule has 0 aliphatic carbocycles. The normalized spacial score (nSPS) is 10.5. The minimum atomic E-state index is -0.325. The molecular formula is C12H14O2S. The maximum Gasteiger partial charge on any atom is 0.330 e. The standard InChI is InChI=1S/C12H14O2S/c1-14-12(13)8-7-10-5-3-4-6-11(10)9-15-2/h3-8H,9H2,1-2H3/b8-7+. The van der Waals surface area contributed by atoms with Gasteiger partial charge in [0.2, 0.25) is 0 Å². The van der Waals surface area contributed by atoms with E-state index >= 15 is 0 Å². The highest BCUT2D eigenvalue weighted by Gasteiger charge is 1.98. The second-order valence-corrected chi connectivity index (χ2v) is 3.85. The highest BCUT2D eigenvalue weighted by atomic mass is 32.2. The minimum Gasteiger partial charge on any atom is -0.466 e. The van der Waals surface area contributed by atoms with Crippen LogP contribution in [0.4, 0.5) is 0 Å². The number of thioether (sulfide) groups is 1. The number of carbonyl (C=O) groups is 1. The number of ether oxygens (including phenoxy) is 1. The number of rotatable bonds is 4. The molecule has 0 bridgehead atoms. The predicted molar refractivity (Wildman–Crippen MR) is 64.7 cm³/mol. The van der Waals surface area contributed by atoms with Gasteiger partial charge in [-0.3, -0.25) is 0 Å². The van der Waals surface area contributed by atoms with Gasteiger partial charge in [0, 0.05) is 11.8 Å². The lowest BCUT2D eigenvalue weighted by molar-refractivity contribution is -0.134. The molecule has 0 amide bonds. The van der Waals surface area contributed by atoms with Crippen LogP contribution in [0.1, 0.15) is 11.1 Å². The van der Waals surface area contributed by atoms with E-state index in [2.05, 4.69) is 17.1 Å². The molecule has 1 aromatic carbocycles. The molecule has 0 radical (unpaired) electrons. The van der Waals surface area contributed by atoms with Crippen LogP contribution in [0.5, 0.6) is 0 Å². The van der Waals surface area contributed by atoms with Crippen LogP contribution in [-0.2, 0) is 15.3 Å². The van der Waals surface area contributed by atoms with Gasteiger partial charge in [0.1, 0.15) is 0 Å². The molecule has 0 aliphatic rings. The minimum absolute atomic E-state index is 0.325. The Morgan fingerprint density at radius 2 is 2.20 bits per heavy atom. The summed E-state index contributed by atoms with van der Waals surface area (Å²) in [5.74, 6) is 0.621. The molecule has 2 nitrogen and oxygen atoms in total. The lowest BCUT2D eigenvalue weighted by Crippen LogP contribution is -1.94. The van der Waals surface area contributed by atoms with Crippen LogP contribution >= 0.6 is 11.8 Å². The summed E-state index contributed by atoms with van der Waals surface area (Å²) in [6, 6.07) is 8.01. The van der Waals surface area contributed by atoms with Gasteiger partial charge >= 0.3 is 5.97 Å². The van der Waals surface area contributed by atoms with Gasteiger partial charge in [-0.2, -0.15) is 11.8 Å². The maximum absolute atomic E-state index is 10.9. The van der Waals surface area contributed by atoms with Crippen molar-refractivity contribution < 1.29 is 9.53 Å². The number of esters is 1. The SMILES string of the molecule is COC(=O)/C=C/c1ccccc1CSC. The van der Waals surface area contributed by atoms with Crippen molar-refractivity contribution in [3.8, 4) is 0 Å². The summed E-state index contributed by atoms with van der Waals surface area (Å²) in [4.78, 5) is 10.9. The number of hydrogen-bond acceptors (Lipinski definition) is 3. The van der Waals surface area contributed by atoms with Gasteiger partial charge in [-0.05, 0) is 23.5 Å². The predicted octanol–water partition coefficient (Wildman–Crippen LogP) is 2.74. The van der Waals surface area contributed by atoms with Crippen molar-refractivity contribution in [2.24, 2.45) is 0 Å². The highest BCUT2D eigenvalue weighted by molar-refractivity contribution is 7.97. The van der Waals surface area contributed by atoms with E-state index < -0.39 is 0 Å². The Balaban J connectivity index is 2.83. The first kappa shape index (κ1) is 11.9. The molecule has 0 unspecified atom stereocenters. The van der Waals surface area contributed by atoms with E-state index in [1.165, 1.54) is 18.7 Å². The summed E-state index contributed by atoms with van der Waals surface area (Å²) in [7, 11) is 1.38. The number of benzene rings is 1. The highest BCUT2D eigenvalue weighted by Crippen LogP contribution is 2.15. The first-order valence-corrected chi connectivity index (χ1v) is 6.00. The zero-order valence-corrected chi connectivity index (χ0v) is 9.71. The van der Waals surface area contributed by atoms with Crippen molar-refractivity contribution in [1.29, 1.82) is 0 Å². The molecule has 1 rings (SSSR count). The van der Waals surface area contributed by atoms with Gasteiger partial charge in [0.25, 0.3) is 0 Å². The molecule has 0 fully saturated rings. The third-order valence-corrected chi connectivity index (χ3v) is 2.55. The zero-order chi connectivity index (χ0) is 11.1. The van der Waals surface area contributed by atoms with E-state index in [4.69, 9.17) is 0 Å². The van der Waals surface area contributed by atoms with Crippen LogP contribution in [0.3, 0.4) is 0 Å². The fourth-order valence-corrected chi connectivity index (χ4v) is 1.78. The van der Waals surface area contributed by atoms with E-state index in [1.54, 1.807) is 17.8 Å². The van der Waals surface area contributed by atoms with Gasteiger partial charge in [-0.15, -0.1) is 0 Å². The summed E-state index contributed by atoms with van der Waals surface area (Å²) in [5.41, 5.74) is 2.29. The third-order valence-electron chi connectivity index (χ3n) is 1.96. The smallest absolute Gasteiger partial charge is 0.330 e. The molecule has 0 saturated carbocycles. The van der Waals surface area contributed by atoms with Crippen LogP contribution in [0.25, 0.3) is 6.08 Å². The molecule has 0 heterocycles. The maximum atomic E-state index is 10.9. The van der Waals surface area contributed by atoms with Crippen molar-refractivity contribution in [3.05, 3.63) is 41.5 Å². The molecule has 0 N–H and O–H groups in total. The zero-order valence-electron chi connectivity index (χ0n) is 8.90. The topological polar surface area (TPSA) is 26.3 Å². The van der Waals surface area contributed by atoms with Crippen LogP contribution in [-0.4, -0.2) is 19.3 Å². The fourth-order valence-electron chi connectivity index (χ4n) is 1.21. The number of carbonyl (C=O) groups excluding carboxylic acids is 1. The van der Waals surface area contributed by atoms with Gasteiger partial charge in [-0.1, -0.05) is 24.3 Å². The van der Waals surface area contributed by atoms with E-state index in [9.17, 15) is 4.79 Å². The monoisotopic (exact) mass is 222 g/mol. The van der Waals surface area contributed by atoms with E-state index in [0.717, 1.165) is 11.3 Å². The second-order valence-electron chi connectivity index (χ2n) is 2.99. The quantitative estimate of drug-likeness (QED) is 0.579. The molecule has 0 saturated heterocycles. The Hall–Kier alpha value is -1.22. The van der Waals surface area contributed by atoms with Gasteiger partial charge in [0.05, 0.1) is 7.11 Å². The number of hydrogen-bond donors (Lipinski definition) is 0. The molecule has 0 spiro atoms. The summed E-state index contributed by atoms with van der Waals surface area (Å²) in [6.45, 7) is 0. The van der Waals surface area contributed by atoms with Crippen molar-refractivity contribution in [1.82, 2.24) is 0 Å². The van der Waals surface area contributed by atoms with Crippen LogP contribution in [0, 0.1) is 0 Å². The molecule has 15 heavy (non-hydrogen) atoms. The van der Waals surface area contributed by atoms with Crippen LogP contribution in [0.15, 0.2) is 30.3 Å². The number of methoxy groups -OCH3 is 1. The van der Waals surface area contributed by atoms with Crippen molar-refractivity contribution in [2.45, 2.75) is 5.75 Å². The lowest BCUT2D eigenvalue weighted by atomic mass is 10.1. The Morgan fingerprint density at radius 3 is 2.87 bits per heavy atom. The average Bonchev–Trinajstić information content (AvgIpc) is 2.28. The molecule has 0 aliphatic heterocycles. The molecule has 0 aromatic heterocycles. The van der Waals surface area contributed by atoms with Crippen molar-refractivity contribution >= 4 is 23.8 Å². The largest absolute Gasteiger partial charge is 0.466 e. The molecule has 3 heteroatoms. The van der Waals surface area contributed by atoms with E-state index in [1.807, 2.05) is 18.2 Å². The first-order valence-electron chi connectivity index (χ1n) is 4.61. The molecule has 1 aromatic rings. The third kappa shape index (κ3) is 3.80. The molecule has 80 valence electrons. The summed E-state index contributed by atoms with van der Waals surface area (Å²) < 4.78 is 4.54.